The van der Waals surface area contributed by atoms with Crippen molar-refractivity contribution in [3.63, 3.8) is 0 Å². The summed E-state index contributed by atoms with van der Waals surface area (Å²) in [6.07, 6.45) is 3.59. The molecule has 194 valence electrons. The lowest BCUT2D eigenvalue weighted by molar-refractivity contribution is -0.139. The first kappa shape index (κ1) is 23.1. The summed E-state index contributed by atoms with van der Waals surface area (Å²) in [4.78, 5) is 27.7. The van der Waals surface area contributed by atoms with Crippen molar-refractivity contribution in [3.8, 4) is 0 Å². The molecule has 1 aliphatic heterocycles. The third-order valence-electron chi connectivity index (χ3n) is 8.82. The van der Waals surface area contributed by atoms with Crippen molar-refractivity contribution in [3.05, 3.63) is 142 Å². The molecular weight excluding hydrogens is 501 g/mol. The number of amides is 2. The van der Waals surface area contributed by atoms with Crippen LogP contribution in [0.15, 0.2) is 108 Å². The predicted molar refractivity (Wildman–Crippen MR) is 150 cm³/mol. The van der Waals surface area contributed by atoms with E-state index >= 15 is 0 Å². The predicted octanol–water partition coefficient (Wildman–Crippen LogP) is 6.05. The maximum absolute atomic E-state index is 13.9. The van der Waals surface area contributed by atoms with E-state index in [-0.39, 0.29) is 29.5 Å². The van der Waals surface area contributed by atoms with Crippen LogP contribution in [-0.2, 0) is 16.1 Å². The van der Waals surface area contributed by atoms with E-state index in [1.165, 1.54) is 12.1 Å². The van der Waals surface area contributed by atoms with Gasteiger partial charge in [0.25, 0.3) is 11.8 Å². The Morgan fingerprint density at radius 1 is 0.700 bits per heavy atom. The summed E-state index contributed by atoms with van der Waals surface area (Å²) in [5, 5.41) is 6.60. The Labute approximate surface area is 230 Å². The van der Waals surface area contributed by atoms with Gasteiger partial charge in [0.15, 0.2) is 0 Å². The van der Waals surface area contributed by atoms with Crippen molar-refractivity contribution in [2.24, 2.45) is 16.9 Å². The second-order valence-electron chi connectivity index (χ2n) is 10.9. The van der Waals surface area contributed by atoms with Crippen LogP contribution in [-0.4, -0.2) is 27.6 Å². The van der Waals surface area contributed by atoms with Crippen molar-refractivity contribution >= 4 is 28.9 Å². The lowest BCUT2D eigenvalue weighted by Gasteiger charge is -2.45. The van der Waals surface area contributed by atoms with E-state index < -0.39 is 11.8 Å². The molecule has 4 aromatic carbocycles. The number of rotatable bonds is 4. The van der Waals surface area contributed by atoms with E-state index in [0.29, 0.717) is 6.54 Å². The second kappa shape index (κ2) is 8.58. The standard InChI is InChI=1S/C34H24FN3O2/c35-22-15-13-20(14-16-22)18-37-19-21(23-7-5-6-12-28(23)37)17-36-38-33(39)31-29-24-8-1-2-9-25(24)30(32(31)34(38)40)27-11-4-3-10-26(27)29/h1-17,19,29-32H,18H2/b36-17-/t29?,30?,31-,32-/m0/s1. The van der Waals surface area contributed by atoms with Gasteiger partial charge in [0.2, 0.25) is 0 Å². The van der Waals surface area contributed by atoms with E-state index in [1.54, 1.807) is 18.3 Å². The van der Waals surface area contributed by atoms with Crippen LogP contribution >= 0.6 is 0 Å². The maximum atomic E-state index is 13.9. The molecule has 1 fully saturated rings. The molecule has 0 N–H and O–H groups in total. The van der Waals surface area contributed by atoms with E-state index in [1.807, 2.05) is 54.7 Å². The number of fused-ring (bicyclic) bond motifs is 1. The Balaban J connectivity index is 1.16. The van der Waals surface area contributed by atoms with Crippen LogP contribution in [0.5, 0.6) is 0 Å². The van der Waals surface area contributed by atoms with Crippen LogP contribution in [0.4, 0.5) is 4.39 Å². The Hall–Kier alpha value is -4.84. The zero-order valence-electron chi connectivity index (χ0n) is 21.4. The van der Waals surface area contributed by atoms with Gasteiger partial charge in [-0.3, -0.25) is 9.59 Å². The number of aromatic nitrogens is 1. The van der Waals surface area contributed by atoms with Crippen molar-refractivity contribution in [1.29, 1.82) is 0 Å². The minimum absolute atomic E-state index is 0.156. The fraction of sp³-hybridized carbons (Fsp3) is 0.147. The number of halogens is 1. The van der Waals surface area contributed by atoms with E-state index in [0.717, 1.165) is 49.3 Å². The molecule has 0 radical (unpaired) electrons. The van der Waals surface area contributed by atoms with Crippen LogP contribution in [0.25, 0.3) is 10.9 Å². The summed E-state index contributed by atoms with van der Waals surface area (Å²) in [6, 6.07) is 30.8. The first-order chi connectivity index (χ1) is 19.6. The molecule has 6 heteroatoms. The molecule has 0 spiro atoms. The average Bonchev–Trinajstić information content (AvgIpc) is 3.47. The highest BCUT2D eigenvalue weighted by Crippen LogP contribution is 2.60. The van der Waals surface area contributed by atoms with Crippen molar-refractivity contribution in [1.82, 2.24) is 9.58 Å². The SMILES string of the molecule is O=C1[C@H]2C3c4ccccc4C(c4ccccc43)[C@@H]2C(=O)N1/N=C\c1cn(Cc2ccc(F)cc2)c2ccccc12. The van der Waals surface area contributed by atoms with Crippen LogP contribution in [0.2, 0.25) is 0 Å². The second-order valence-corrected chi connectivity index (χ2v) is 10.9. The number of imide groups is 1. The number of hydrogen-bond acceptors (Lipinski definition) is 3. The molecule has 5 nitrogen and oxygen atoms in total. The average molecular weight is 526 g/mol. The smallest absolute Gasteiger partial charge is 0.254 e. The normalized spacial score (nSPS) is 22.7. The quantitative estimate of drug-likeness (QED) is 0.212. The van der Waals surface area contributed by atoms with Crippen molar-refractivity contribution in [2.75, 3.05) is 0 Å². The summed E-state index contributed by atoms with van der Waals surface area (Å²) in [5.41, 5.74) is 7.33. The first-order valence-corrected chi connectivity index (χ1v) is 13.5. The highest BCUT2D eigenvalue weighted by molar-refractivity contribution is 6.09. The van der Waals surface area contributed by atoms with Gasteiger partial charge >= 0.3 is 0 Å². The highest BCUT2D eigenvalue weighted by atomic mass is 19.1. The monoisotopic (exact) mass is 525 g/mol. The van der Waals surface area contributed by atoms with Gasteiger partial charge in [-0.1, -0.05) is 78.9 Å². The van der Waals surface area contributed by atoms with E-state index in [4.69, 9.17) is 0 Å². The molecule has 2 atom stereocenters. The van der Waals surface area contributed by atoms with Crippen LogP contribution in [0.3, 0.4) is 0 Å². The van der Waals surface area contributed by atoms with Crippen LogP contribution in [0.1, 0.15) is 45.2 Å². The number of benzene rings is 4. The third kappa shape index (κ3) is 3.22. The minimum Gasteiger partial charge on any atom is -0.342 e. The molecule has 2 amide bonds. The van der Waals surface area contributed by atoms with Gasteiger partial charge in [-0.2, -0.15) is 10.1 Å². The molecule has 2 bridgehead atoms. The topological polar surface area (TPSA) is 54.7 Å². The zero-order valence-corrected chi connectivity index (χ0v) is 21.4. The number of para-hydroxylation sites is 1. The van der Waals surface area contributed by atoms with E-state index in [9.17, 15) is 14.0 Å². The summed E-state index contributed by atoms with van der Waals surface area (Å²) < 4.78 is 15.5. The largest absolute Gasteiger partial charge is 0.342 e. The van der Waals surface area contributed by atoms with Crippen LogP contribution < -0.4 is 0 Å². The van der Waals surface area contributed by atoms with Gasteiger partial charge < -0.3 is 4.57 Å². The summed E-state index contributed by atoms with van der Waals surface area (Å²) in [6.45, 7) is 0.556. The number of nitrogens with zero attached hydrogens (tertiary/aromatic N) is 3. The van der Waals surface area contributed by atoms with Gasteiger partial charge in [0.1, 0.15) is 5.82 Å². The van der Waals surface area contributed by atoms with E-state index in [2.05, 4.69) is 33.9 Å². The first-order valence-electron chi connectivity index (χ1n) is 13.5. The molecular formula is C34H24FN3O2. The maximum Gasteiger partial charge on any atom is 0.254 e. The number of carbonyl (C=O) groups excluding carboxylic acids is 2. The molecule has 0 unspecified atom stereocenters. The van der Waals surface area contributed by atoms with Crippen LogP contribution in [0, 0.1) is 17.7 Å². The number of carbonyl (C=O) groups is 2. The minimum atomic E-state index is -0.459. The third-order valence-corrected chi connectivity index (χ3v) is 8.82. The van der Waals surface area contributed by atoms with Gasteiger partial charge in [0.05, 0.1) is 18.1 Å². The Morgan fingerprint density at radius 2 is 1.23 bits per heavy atom. The summed E-state index contributed by atoms with van der Waals surface area (Å²) >= 11 is 0. The Bertz CT molecular complexity index is 1760. The summed E-state index contributed by atoms with van der Waals surface area (Å²) in [5.74, 6) is -1.97. The lowest BCUT2D eigenvalue weighted by Crippen LogP contribution is -2.41. The highest BCUT2D eigenvalue weighted by Gasteiger charge is 2.61. The van der Waals surface area contributed by atoms with Gasteiger partial charge in [-0.25, -0.2) is 4.39 Å². The molecule has 1 aromatic heterocycles. The molecule has 4 aliphatic rings. The van der Waals surface area contributed by atoms with Crippen molar-refractivity contribution in [2.45, 2.75) is 18.4 Å². The van der Waals surface area contributed by atoms with Gasteiger partial charge in [-0.05, 0) is 46.0 Å². The molecule has 2 heterocycles. The fourth-order valence-electron chi connectivity index (χ4n) is 7.19. The molecule has 40 heavy (non-hydrogen) atoms. The fourth-order valence-corrected chi connectivity index (χ4v) is 7.19. The number of hydrazone groups is 1. The molecule has 3 aliphatic carbocycles. The summed E-state index contributed by atoms with van der Waals surface area (Å²) in [7, 11) is 0. The van der Waals surface area contributed by atoms with Gasteiger partial charge in [0, 0.05) is 41.0 Å². The van der Waals surface area contributed by atoms with Crippen molar-refractivity contribution < 1.29 is 14.0 Å². The van der Waals surface area contributed by atoms with Gasteiger partial charge in [-0.15, -0.1) is 0 Å². The molecule has 9 rings (SSSR count). The molecule has 0 saturated carbocycles. The number of hydrogen-bond donors (Lipinski definition) is 0. The molecule has 1 saturated heterocycles. The Kier molecular flexibility index (Phi) is 4.95. The lowest BCUT2D eigenvalue weighted by atomic mass is 9.55. The Morgan fingerprint density at radius 3 is 1.80 bits per heavy atom. The molecule has 5 aromatic rings. The zero-order chi connectivity index (χ0) is 27.0.